The fourth-order valence-electron chi connectivity index (χ4n) is 2.09. The number of rotatable bonds is 8. The molecule has 1 amide bonds. The first-order chi connectivity index (χ1) is 11.5. The minimum atomic E-state index is -0.0944. The zero-order valence-electron chi connectivity index (χ0n) is 14.0. The van der Waals surface area contributed by atoms with Gasteiger partial charge < -0.3 is 10.1 Å². The Morgan fingerprint density at radius 2 is 1.92 bits per heavy atom. The van der Waals surface area contributed by atoms with Crippen molar-refractivity contribution in [2.75, 3.05) is 18.9 Å². The summed E-state index contributed by atoms with van der Waals surface area (Å²) in [6.45, 7) is 4.66. The molecule has 5 heteroatoms. The van der Waals surface area contributed by atoms with Crippen LogP contribution in [0.15, 0.2) is 42.5 Å². The van der Waals surface area contributed by atoms with E-state index in [4.69, 9.17) is 16.3 Å². The van der Waals surface area contributed by atoms with Gasteiger partial charge >= 0.3 is 0 Å². The van der Waals surface area contributed by atoms with Crippen LogP contribution < -0.4 is 10.1 Å². The molecule has 24 heavy (non-hydrogen) atoms. The number of hydrogen-bond donors (Lipinski definition) is 1. The molecule has 0 aromatic heterocycles. The monoisotopic (exact) mass is 363 g/mol. The summed E-state index contributed by atoms with van der Waals surface area (Å²) in [6.07, 6.45) is 0. The Hall–Kier alpha value is -1.65. The maximum atomic E-state index is 11.8. The second kappa shape index (κ2) is 9.60. The Balaban J connectivity index is 1.61. The van der Waals surface area contributed by atoms with E-state index in [0.29, 0.717) is 6.54 Å². The number of nitrogens with one attached hydrogen (secondary N) is 1. The average Bonchev–Trinajstić information content (AvgIpc) is 2.57. The van der Waals surface area contributed by atoms with E-state index in [1.807, 2.05) is 56.3 Å². The molecule has 0 fully saturated rings. The minimum Gasteiger partial charge on any atom is -0.483 e. The Kier molecular flexibility index (Phi) is 7.47. The Labute approximate surface area is 152 Å². The Bertz CT molecular complexity index is 674. The van der Waals surface area contributed by atoms with Crippen molar-refractivity contribution in [3.8, 4) is 5.75 Å². The molecular formula is C19H22ClNO2S. The molecule has 2 aromatic rings. The fourth-order valence-corrected chi connectivity index (χ4v) is 3.04. The lowest BCUT2D eigenvalue weighted by Gasteiger charge is -2.10. The molecule has 0 bridgehead atoms. The van der Waals surface area contributed by atoms with Gasteiger partial charge in [-0.3, -0.25) is 4.79 Å². The van der Waals surface area contributed by atoms with Crippen LogP contribution in [0.3, 0.4) is 0 Å². The lowest BCUT2D eigenvalue weighted by Crippen LogP contribution is -2.30. The molecule has 0 aliphatic carbocycles. The summed E-state index contributed by atoms with van der Waals surface area (Å²) < 4.78 is 5.59. The number of benzene rings is 2. The highest BCUT2D eigenvalue weighted by molar-refractivity contribution is 7.98. The van der Waals surface area contributed by atoms with Crippen molar-refractivity contribution in [3.63, 3.8) is 0 Å². The summed E-state index contributed by atoms with van der Waals surface area (Å²) in [7, 11) is 0. The van der Waals surface area contributed by atoms with E-state index in [2.05, 4.69) is 5.32 Å². The van der Waals surface area contributed by atoms with Gasteiger partial charge in [-0.25, -0.2) is 0 Å². The number of ether oxygens (including phenoxy) is 1. The van der Waals surface area contributed by atoms with Crippen LogP contribution >= 0.6 is 23.4 Å². The summed E-state index contributed by atoms with van der Waals surface area (Å²) in [5, 5.41) is 3.63. The smallest absolute Gasteiger partial charge is 0.257 e. The van der Waals surface area contributed by atoms with Crippen molar-refractivity contribution < 1.29 is 9.53 Å². The van der Waals surface area contributed by atoms with Gasteiger partial charge in [0.1, 0.15) is 5.75 Å². The maximum Gasteiger partial charge on any atom is 0.257 e. The topological polar surface area (TPSA) is 38.3 Å². The van der Waals surface area contributed by atoms with Gasteiger partial charge in [0.05, 0.1) is 0 Å². The molecule has 0 unspecified atom stereocenters. The van der Waals surface area contributed by atoms with E-state index in [-0.39, 0.29) is 12.5 Å². The van der Waals surface area contributed by atoms with Crippen LogP contribution in [0.25, 0.3) is 0 Å². The van der Waals surface area contributed by atoms with E-state index in [1.165, 1.54) is 5.56 Å². The van der Waals surface area contributed by atoms with Crippen molar-refractivity contribution in [1.82, 2.24) is 5.32 Å². The van der Waals surface area contributed by atoms with Gasteiger partial charge in [-0.1, -0.05) is 35.9 Å². The molecule has 0 aliphatic rings. The van der Waals surface area contributed by atoms with Crippen LogP contribution in [0.1, 0.15) is 16.7 Å². The fraction of sp³-hybridized carbons (Fsp3) is 0.316. The van der Waals surface area contributed by atoms with Crippen molar-refractivity contribution in [1.29, 1.82) is 0 Å². The minimum absolute atomic E-state index is 0.0478. The second-order valence-corrected chi connectivity index (χ2v) is 7.13. The molecular weight excluding hydrogens is 342 g/mol. The summed E-state index contributed by atoms with van der Waals surface area (Å²) in [4.78, 5) is 11.8. The van der Waals surface area contributed by atoms with Crippen LogP contribution in [0.5, 0.6) is 5.75 Å². The first kappa shape index (κ1) is 18.7. The van der Waals surface area contributed by atoms with Gasteiger partial charge in [-0.15, -0.1) is 0 Å². The molecule has 0 atom stereocenters. The van der Waals surface area contributed by atoms with Gasteiger partial charge in [0.25, 0.3) is 5.91 Å². The largest absolute Gasteiger partial charge is 0.483 e. The van der Waals surface area contributed by atoms with E-state index >= 15 is 0 Å². The van der Waals surface area contributed by atoms with Crippen LogP contribution in [-0.2, 0) is 10.5 Å². The molecule has 1 N–H and O–H groups in total. The van der Waals surface area contributed by atoms with Crippen LogP contribution in [-0.4, -0.2) is 24.8 Å². The van der Waals surface area contributed by atoms with Crippen molar-refractivity contribution >= 4 is 29.3 Å². The molecule has 2 rings (SSSR count). The lowest BCUT2D eigenvalue weighted by atomic mass is 10.1. The molecule has 2 aromatic carbocycles. The Morgan fingerprint density at radius 1 is 1.17 bits per heavy atom. The van der Waals surface area contributed by atoms with E-state index < -0.39 is 0 Å². The highest BCUT2D eigenvalue weighted by atomic mass is 35.5. The standard InChI is InChI=1S/C19H22ClNO2S/c1-14-3-4-15(2)18(11-14)23-12-19(22)21-9-10-24-13-16-5-7-17(20)8-6-16/h3-8,11H,9-10,12-13H2,1-2H3,(H,21,22). The third-order valence-electron chi connectivity index (χ3n) is 3.45. The van der Waals surface area contributed by atoms with Crippen LogP contribution in [0.4, 0.5) is 0 Å². The summed E-state index contributed by atoms with van der Waals surface area (Å²) in [5.41, 5.74) is 3.38. The number of amides is 1. The van der Waals surface area contributed by atoms with E-state index in [0.717, 1.165) is 33.4 Å². The van der Waals surface area contributed by atoms with E-state index in [9.17, 15) is 4.79 Å². The number of thioether (sulfide) groups is 1. The molecule has 0 saturated carbocycles. The van der Waals surface area contributed by atoms with Gasteiger partial charge in [0.15, 0.2) is 6.61 Å². The molecule has 0 aliphatic heterocycles. The van der Waals surface area contributed by atoms with Crippen molar-refractivity contribution in [3.05, 3.63) is 64.2 Å². The molecule has 128 valence electrons. The second-order valence-electron chi connectivity index (χ2n) is 5.59. The summed E-state index contributed by atoms with van der Waals surface area (Å²) in [6, 6.07) is 13.8. The number of hydrogen-bond acceptors (Lipinski definition) is 3. The summed E-state index contributed by atoms with van der Waals surface area (Å²) in [5.74, 6) is 2.44. The predicted molar refractivity (Wildman–Crippen MR) is 102 cm³/mol. The van der Waals surface area contributed by atoms with Gasteiger partial charge in [0.2, 0.25) is 0 Å². The van der Waals surface area contributed by atoms with Gasteiger partial charge in [-0.05, 0) is 48.7 Å². The summed E-state index contributed by atoms with van der Waals surface area (Å²) >= 11 is 7.63. The third kappa shape index (κ3) is 6.46. The molecule has 0 radical (unpaired) electrons. The Morgan fingerprint density at radius 3 is 2.67 bits per heavy atom. The first-order valence-electron chi connectivity index (χ1n) is 7.83. The molecule has 0 spiro atoms. The third-order valence-corrected chi connectivity index (χ3v) is 4.74. The van der Waals surface area contributed by atoms with Crippen LogP contribution in [0, 0.1) is 13.8 Å². The van der Waals surface area contributed by atoms with E-state index in [1.54, 1.807) is 11.8 Å². The predicted octanol–water partition coefficient (Wildman–Crippen LogP) is 4.39. The highest BCUT2D eigenvalue weighted by Crippen LogP contribution is 2.19. The highest BCUT2D eigenvalue weighted by Gasteiger charge is 2.05. The normalized spacial score (nSPS) is 10.5. The van der Waals surface area contributed by atoms with Crippen LogP contribution in [0.2, 0.25) is 5.02 Å². The zero-order chi connectivity index (χ0) is 17.4. The van der Waals surface area contributed by atoms with Gasteiger partial charge in [0, 0.05) is 23.1 Å². The number of aryl methyl sites for hydroxylation is 2. The van der Waals surface area contributed by atoms with Crippen molar-refractivity contribution in [2.24, 2.45) is 0 Å². The number of carbonyl (C=O) groups excluding carboxylic acids is 1. The maximum absolute atomic E-state index is 11.8. The molecule has 0 saturated heterocycles. The lowest BCUT2D eigenvalue weighted by molar-refractivity contribution is -0.122. The number of halogens is 1. The quantitative estimate of drug-likeness (QED) is 0.707. The molecule has 3 nitrogen and oxygen atoms in total. The SMILES string of the molecule is Cc1ccc(C)c(OCC(=O)NCCSCc2ccc(Cl)cc2)c1. The van der Waals surface area contributed by atoms with Crippen molar-refractivity contribution in [2.45, 2.75) is 19.6 Å². The first-order valence-corrected chi connectivity index (χ1v) is 9.37. The molecule has 0 heterocycles. The average molecular weight is 364 g/mol. The van der Waals surface area contributed by atoms with Gasteiger partial charge in [-0.2, -0.15) is 11.8 Å². The zero-order valence-corrected chi connectivity index (χ0v) is 15.5. The number of carbonyl (C=O) groups is 1.